The van der Waals surface area contributed by atoms with Crippen molar-refractivity contribution >= 4 is 29.1 Å². The quantitative estimate of drug-likeness (QED) is 0.243. The maximum Gasteiger partial charge on any atom is 0.295 e. The van der Waals surface area contributed by atoms with Gasteiger partial charge in [0.2, 0.25) is 0 Å². The maximum absolute atomic E-state index is 13.1. The van der Waals surface area contributed by atoms with E-state index in [-0.39, 0.29) is 11.3 Å². The van der Waals surface area contributed by atoms with Gasteiger partial charge in [0.15, 0.2) is 0 Å². The number of carbonyl (C=O) groups is 2. The summed E-state index contributed by atoms with van der Waals surface area (Å²) in [5.41, 5.74) is 2.27. The number of ketones is 1. The van der Waals surface area contributed by atoms with Crippen molar-refractivity contribution in [2.75, 3.05) is 27.2 Å². The van der Waals surface area contributed by atoms with E-state index in [1.54, 1.807) is 48.5 Å². The predicted octanol–water partition coefficient (Wildman–Crippen LogP) is 5.29. The lowest BCUT2D eigenvalue weighted by molar-refractivity contribution is -0.139. The number of halogens is 1. The number of aliphatic hydroxyl groups is 1. The smallest absolute Gasteiger partial charge is 0.295 e. The maximum atomic E-state index is 13.1. The fraction of sp³-hybridized carbons (Fsp3) is 0.241. The summed E-state index contributed by atoms with van der Waals surface area (Å²) >= 11 is 6.08. The Morgan fingerprint density at radius 3 is 2.28 bits per heavy atom. The Morgan fingerprint density at radius 1 is 0.972 bits per heavy atom. The van der Waals surface area contributed by atoms with E-state index in [9.17, 15) is 14.7 Å². The van der Waals surface area contributed by atoms with Crippen molar-refractivity contribution in [3.05, 3.63) is 106 Å². The van der Waals surface area contributed by atoms with Crippen molar-refractivity contribution in [2.24, 2.45) is 0 Å². The molecule has 1 amide bonds. The second-order valence-corrected chi connectivity index (χ2v) is 9.44. The molecule has 6 nitrogen and oxygen atoms in total. The summed E-state index contributed by atoms with van der Waals surface area (Å²) < 4.78 is 5.83. The second kappa shape index (κ2) is 11.4. The third-order valence-electron chi connectivity index (χ3n) is 6.11. The largest absolute Gasteiger partial charge is 0.507 e. The van der Waals surface area contributed by atoms with Crippen molar-refractivity contribution in [1.82, 2.24) is 9.80 Å². The van der Waals surface area contributed by atoms with Crippen LogP contribution in [0.15, 0.2) is 84.4 Å². The van der Waals surface area contributed by atoms with Gasteiger partial charge in [-0.25, -0.2) is 0 Å². The van der Waals surface area contributed by atoms with Gasteiger partial charge >= 0.3 is 0 Å². The minimum absolute atomic E-state index is 0.0742. The summed E-state index contributed by atoms with van der Waals surface area (Å²) in [4.78, 5) is 29.7. The Hall–Kier alpha value is -3.61. The van der Waals surface area contributed by atoms with E-state index in [1.807, 2.05) is 49.3 Å². The second-order valence-electron chi connectivity index (χ2n) is 9.00. The van der Waals surface area contributed by atoms with Crippen molar-refractivity contribution < 1.29 is 19.4 Å². The number of hydrogen-bond donors (Lipinski definition) is 1. The first kappa shape index (κ1) is 25.5. The van der Waals surface area contributed by atoms with Crippen molar-refractivity contribution in [1.29, 1.82) is 0 Å². The van der Waals surface area contributed by atoms with Crippen LogP contribution in [-0.2, 0) is 16.2 Å². The number of ether oxygens (including phenoxy) is 1. The van der Waals surface area contributed by atoms with Crippen LogP contribution in [0.4, 0.5) is 0 Å². The Kier molecular flexibility index (Phi) is 8.08. The van der Waals surface area contributed by atoms with Gasteiger partial charge in [-0.2, -0.15) is 0 Å². The van der Waals surface area contributed by atoms with Crippen LogP contribution in [-0.4, -0.2) is 53.8 Å². The van der Waals surface area contributed by atoms with Crippen molar-refractivity contribution in [3.8, 4) is 5.75 Å². The SMILES string of the molecule is CN(C)CCCN1C(=O)C(=O)/C(=C(/O)c2ccc(OCc3ccccc3)cc2)[C@H]1c1ccc(Cl)cc1. The van der Waals surface area contributed by atoms with Gasteiger partial charge in [-0.1, -0.05) is 54.1 Å². The first-order valence-electron chi connectivity index (χ1n) is 11.8. The van der Waals surface area contributed by atoms with E-state index < -0.39 is 17.7 Å². The number of amides is 1. The van der Waals surface area contributed by atoms with Crippen LogP contribution in [0.1, 0.15) is 29.2 Å². The Morgan fingerprint density at radius 2 is 1.64 bits per heavy atom. The first-order chi connectivity index (χ1) is 17.3. The Labute approximate surface area is 216 Å². The lowest BCUT2D eigenvalue weighted by Crippen LogP contribution is -2.32. The number of carbonyl (C=O) groups excluding carboxylic acids is 2. The van der Waals surface area contributed by atoms with E-state index in [2.05, 4.69) is 0 Å². The highest BCUT2D eigenvalue weighted by Crippen LogP contribution is 2.40. The number of aliphatic hydroxyl groups excluding tert-OH is 1. The number of benzene rings is 3. The zero-order valence-electron chi connectivity index (χ0n) is 20.4. The molecule has 7 heteroatoms. The molecule has 0 saturated carbocycles. The van der Waals surface area contributed by atoms with E-state index >= 15 is 0 Å². The molecule has 0 spiro atoms. The standard InChI is InChI=1S/C29H29ClN2O4/c1-31(2)17-6-18-32-26(21-9-13-23(30)14-10-21)25(28(34)29(32)35)27(33)22-11-15-24(16-12-22)36-19-20-7-4-3-5-8-20/h3-5,7-16,26,33H,6,17-19H2,1-2H3/b27-25+/t26-/m1/s1. The summed E-state index contributed by atoms with van der Waals surface area (Å²) in [6.07, 6.45) is 0.692. The van der Waals surface area contributed by atoms with Crippen LogP contribution in [0.2, 0.25) is 5.02 Å². The molecule has 3 aromatic carbocycles. The molecule has 0 aliphatic carbocycles. The van der Waals surface area contributed by atoms with E-state index in [0.717, 1.165) is 12.1 Å². The monoisotopic (exact) mass is 504 g/mol. The molecule has 1 aliphatic heterocycles. The molecule has 186 valence electrons. The topological polar surface area (TPSA) is 70.1 Å². The van der Waals surface area contributed by atoms with Crippen LogP contribution >= 0.6 is 11.6 Å². The van der Waals surface area contributed by atoms with Gasteiger partial charge in [-0.05, 0) is 74.6 Å². The highest BCUT2D eigenvalue weighted by molar-refractivity contribution is 6.46. The number of rotatable bonds is 9. The van der Waals surface area contributed by atoms with Gasteiger partial charge in [0.25, 0.3) is 11.7 Å². The first-order valence-corrected chi connectivity index (χ1v) is 12.2. The zero-order valence-corrected chi connectivity index (χ0v) is 21.1. The molecule has 1 aliphatic rings. The third kappa shape index (κ3) is 5.78. The summed E-state index contributed by atoms with van der Waals surface area (Å²) in [5.74, 6) is -0.883. The summed E-state index contributed by atoms with van der Waals surface area (Å²) in [6, 6.07) is 23.0. The molecule has 0 aromatic heterocycles. The molecule has 0 bridgehead atoms. The number of nitrogens with zero attached hydrogens (tertiary/aromatic N) is 2. The number of Topliss-reactive ketones (excluding diaryl/α,β-unsaturated/α-hetero) is 1. The molecular formula is C29H29ClN2O4. The van der Waals surface area contributed by atoms with Gasteiger partial charge < -0.3 is 19.6 Å². The molecule has 1 heterocycles. The minimum atomic E-state index is -0.696. The molecule has 1 atom stereocenters. The van der Waals surface area contributed by atoms with Gasteiger partial charge in [-0.3, -0.25) is 9.59 Å². The molecule has 36 heavy (non-hydrogen) atoms. The van der Waals surface area contributed by atoms with Crippen molar-refractivity contribution in [3.63, 3.8) is 0 Å². The van der Waals surface area contributed by atoms with Crippen LogP contribution in [0.5, 0.6) is 5.75 Å². The molecule has 1 saturated heterocycles. The predicted molar refractivity (Wildman–Crippen MR) is 141 cm³/mol. The normalized spacial score (nSPS) is 17.1. The van der Waals surface area contributed by atoms with Crippen LogP contribution in [0.25, 0.3) is 5.76 Å². The minimum Gasteiger partial charge on any atom is -0.507 e. The molecule has 3 aromatic rings. The summed E-state index contributed by atoms with van der Waals surface area (Å²) in [7, 11) is 3.91. The Balaban J connectivity index is 1.63. The molecular weight excluding hydrogens is 476 g/mol. The highest BCUT2D eigenvalue weighted by atomic mass is 35.5. The third-order valence-corrected chi connectivity index (χ3v) is 6.36. The van der Waals surface area contributed by atoms with Gasteiger partial charge in [-0.15, -0.1) is 0 Å². The number of hydrogen-bond acceptors (Lipinski definition) is 5. The Bertz CT molecular complexity index is 1240. The number of likely N-dealkylation sites (tertiary alicyclic amines) is 1. The van der Waals surface area contributed by atoms with Gasteiger partial charge in [0.05, 0.1) is 11.6 Å². The van der Waals surface area contributed by atoms with Crippen LogP contribution in [0.3, 0.4) is 0 Å². The van der Waals surface area contributed by atoms with E-state index in [4.69, 9.17) is 16.3 Å². The fourth-order valence-corrected chi connectivity index (χ4v) is 4.39. The summed E-state index contributed by atoms with van der Waals surface area (Å²) in [6.45, 7) is 1.57. The van der Waals surface area contributed by atoms with Gasteiger partial charge in [0.1, 0.15) is 18.1 Å². The lowest BCUT2D eigenvalue weighted by Gasteiger charge is -2.26. The average Bonchev–Trinajstić information content (AvgIpc) is 3.13. The molecule has 4 rings (SSSR count). The van der Waals surface area contributed by atoms with Crippen LogP contribution in [0, 0.1) is 0 Å². The zero-order chi connectivity index (χ0) is 25.7. The van der Waals surface area contributed by atoms with E-state index in [1.165, 1.54) is 4.90 Å². The average molecular weight is 505 g/mol. The van der Waals surface area contributed by atoms with Crippen molar-refractivity contribution in [2.45, 2.75) is 19.1 Å². The highest BCUT2D eigenvalue weighted by Gasteiger charge is 2.45. The molecule has 0 unspecified atom stereocenters. The summed E-state index contributed by atoms with van der Waals surface area (Å²) in [5, 5.41) is 11.8. The lowest BCUT2D eigenvalue weighted by atomic mass is 9.95. The van der Waals surface area contributed by atoms with Crippen LogP contribution < -0.4 is 4.74 Å². The molecule has 1 fully saturated rings. The van der Waals surface area contributed by atoms with E-state index in [0.29, 0.717) is 41.5 Å². The molecule has 0 radical (unpaired) electrons. The fourth-order valence-electron chi connectivity index (χ4n) is 4.26. The van der Waals surface area contributed by atoms with Gasteiger partial charge in [0, 0.05) is 17.1 Å². The molecule has 1 N–H and O–H groups in total.